The first kappa shape index (κ1) is 24.0. The van der Waals surface area contributed by atoms with Crippen LogP contribution in [0, 0.1) is 0 Å². The van der Waals surface area contributed by atoms with Crippen molar-refractivity contribution in [3.05, 3.63) is 65.5 Å². The van der Waals surface area contributed by atoms with Gasteiger partial charge >= 0.3 is 6.18 Å². The lowest BCUT2D eigenvalue weighted by Gasteiger charge is -2.32. The van der Waals surface area contributed by atoms with Crippen molar-refractivity contribution in [2.24, 2.45) is 4.99 Å². The third kappa shape index (κ3) is 8.47. The molecule has 2 heterocycles. The molecule has 1 fully saturated rings. The summed E-state index contributed by atoms with van der Waals surface area (Å²) < 4.78 is 41.5. The summed E-state index contributed by atoms with van der Waals surface area (Å²) in [6.45, 7) is 2.05. The second-order valence-electron chi connectivity index (χ2n) is 7.87. The van der Waals surface area contributed by atoms with Gasteiger partial charge in [-0.25, -0.2) is 0 Å². The molecule has 2 aromatic rings. The van der Waals surface area contributed by atoms with Gasteiger partial charge in [0.1, 0.15) is 6.61 Å². The summed E-state index contributed by atoms with van der Waals surface area (Å²) in [7, 11) is 1.73. The van der Waals surface area contributed by atoms with E-state index in [4.69, 9.17) is 4.74 Å². The van der Waals surface area contributed by atoms with E-state index in [1.165, 1.54) is 0 Å². The number of aliphatic imine (C=N–C) groups is 1. The Morgan fingerprint density at radius 3 is 2.62 bits per heavy atom. The zero-order valence-electron chi connectivity index (χ0n) is 18.2. The quantitative estimate of drug-likeness (QED) is 0.477. The van der Waals surface area contributed by atoms with Gasteiger partial charge in [0, 0.05) is 45.5 Å². The number of guanidine groups is 1. The molecule has 2 N–H and O–H groups in total. The Labute approximate surface area is 186 Å². The largest absolute Gasteiger partial charge is 0.411 e. The van der Waals surface area contributed by atoms with Crippen LogP contribution in [-0.4, -0.2) is 54.8 Å². The van der Waals surface area contributed by atoms with Crippen LogP contribution in [0.15, 0.2) is 53.7 Å². The van der Waals surface area contributed by atoms with Gasteiger partial charge < -0.3 is 15.4 Å². The first-order valence-electron chi connectivity index (χ1n) is 10.7. The van der Waals surface area contributed by atoms with Crippen LogP contribution >= 0.6 is 0 Å². The Morgan fingerprint density at radius 1 is 1.16 bits per heavy atom. The van der Waals surface area contributed by atoms with E-state index in [2.05, 4.69) is 25.5 Å². The Balaban J connectivity index is 1.40. The van der Waals surface area contributed by atoms with Gasteiger partial charge in [-0.05, 0) is 36.1 Å². The van der Waals surface area contributed by atoms with Gasteiger partial charge in [0.2, 0.25) is 0 Å². The number of piperidine rings is 1. The number of alkyl halides is 3. The molecule has 9 heteroatoms. The molecule has 1 aliphatic rings. The SMILES string of the molecule is CN=C(NCc1cccc(COCC(F)(F)F)c1)NC1CCN(Cc2ccccn2)CC1. The summed E-state index contributed by atoms with van der Waals surface area (Å²) in [5, 5.41) is 6.76. The molecule has 1 aromatic carbocycles. The molecule has 0 amide bonds. The van der Waals surface area contributed by atoms with Gasteiger partial charge in [-0.2, -0.15) is 13.2 Å². The van der Waals surface area contributed by atoms with E-state index in [0.717, 1.165) is 43.7 Å². The van der Waals surface area contributed by atoms with Crippen molar-refractivity contribution in [3.63, 3.8) is 0 Å². The highest BCUT2D eigenvalue weighted by Gasteiger charge is 2.27. The first-order valence-corrected chi connectivity index (χ1v) is 10.7. The van der Waals surface area contributed by atoms with E-state index in [1.54, 1.807) is 13.1 Å². The average molecular weight is 450 g/mol. The minimum atomic E-state index is -4.31. The third-order valence-electron chi connectivity index (χ3n) is 5.25. The van der Waals surface area contributed by atoms with Crippen molar-refractivity contribution in [1.29, 1.82) is 0 Å². The molecule has 0 aliphatic carbocycles. The number of ether oxygens (including phenoxy) is 1. The van der Waals surface area contributed by atoms with Gasteiger partial charge in [-0.3, -0.25) is 14.9 Å². The van der Waals surface area contributed by atoms with Crippen molar-refractivity contribution in [2.75, 3.05) is 26.7 Å². The van der Waals surface area contributed by atoms with E-state index in [1.807, 2.05) is 42.6 Å². The Kier molecular flexibility index (Phi) is 8.87. The summed E-state index contributed by atoms with van der Waals surface area (Å²) in [6.07, 6.45) is -0.463. The molecule has 0 spiro atoms. The first-order chi connectivity index (χ1) is 15.4. The smallest absolute Gasteiger partial charge is 0.367 e. The zero-order valence-corrected chi connectivity index (χ0v) is 18.2. The lowest BCUT2D eigenvalue weighted by Crippen LogP contribution is -2.48. The Bertz CT molecular complexity index is 852. The number of hydrogen-bond acceptors (Lipinski definition) is 4. The highest BCUT2D eigenvalue weighted by Crippen LogP contribution is 2.16. The van der Waals surface area contributed by atoms with Gasteiger partial charge in [-0.1, -0.05) is 30.3 Å². The van der Waals surface area contributed by atoms with Crippen molar-refractivity contribution < 1.29 is 17.9 Å². The van der Waals surface area contributed by atoms with Crippen LogP contribution in [-0.2, 0) is 24.4 Å². The number of aromatic nitrogens is 1. The van der Waals surface area contributed by atoms with Crippen molar-refractivity contribution in [2.45, 2.75) is 44.8 Å². The molecule has 174 valence electrons. The van der Waals surface area contributed by atoms with E-state index < -0.39 is 12.8 Å². The van der Waals surface area contributed by atoms with Gasteiger partial charge in [0.05, 0.1) is 12.3 Å². The molecule has 1 aliphatic heterocycles. The minimum Gasteiger partial charge on any atom is -0.367 e. The summed E-state index contributed by atoms with van der Waals surface area (Å²) in [4.78, 5) is 11.1. The number of pyridine rings is 1. The molecule has 0 bridgehead atoms. The summed E-state index contributed by atoms with van der Waals surface area (Å²) >= 11 is 0. The molecule has 6 nitrogen and oxygen atoms in total. The van der Waals surface area contributed by atoms with Crippen LogP contribution in [0.1, 0.15) is 29.7 Å². The monoisotopic (exact) mass is 449 g/mol. The van der Waals surface area contributed by atoms with E-state index >= 15 is 0 Å². The van der Waals surface area contributed by atoms with Crippen LogP contribution in [0.3, 0.4) is 0 Å². The number of nitrogens with one attached hydrogen (secondary N) is 2. The maximum atomic E-state index is 12.2. The van der Waals surface area contributed by atoms with Crippen molar-refractivity contribution >= 4 is 5.96 Å². The lowest BCUT2D eigenvalue weighted by atomic mass is 10.0. The van der Waals surface area contributed by atoms with Crippen LogP contribution in [0.25, 0.3) is 0 Å². The highest BCUT2D eigenvalue weighted by molar-refractivity contribution is 5.79. The normalized spacial score (nSPS) is 16.2. The van der Waals surface area contributed by atoms with Crippen molar-refractivity contribution in [1.82, 2.24) is 20.5 Å². The van der Waals surface area contributed by atoms with Gasteiger partial charge in [-0.15, -0.1) is 0 Å². The average Bonchev–Trinajstić information content (AvgIpc) is 2.78. The lowest BCUT2D eigenvalue weighted by molar-refractivity contribution is -0.176. The molecular weight excluding hydrogens is 419 g/mol. The standard InChI is InChI=1S/C23H30F3N5O/c1-27-22(29-14-18-5-4-6-19(13-18)16-32-17-23(24,25)26)30-20-8-11-31(12-9-20)15-21-7-2-3-10-28-21/h2-7,10,13,20H,8-9,11-12,14-17H2,1H3,(H2,27,29,30). The number of halogens is 3. The molecule has 0 unspecified atom stereocenters. The minimum absolute atomic E-state index is 0.0720. The Morgan fingerprint density at radius 2 is 1.94 bits per heavy atom. The fraction of sp³-hybridized carbons (Fsp3) is 0.478. The van der Waals surface area contributed by atoms with Crippen LogP contribution in [0.5, 0.6) is 0 Å². The topological polar surface area (TPSA) is 61.8 Å². The van der Waals surface area contributed by atoms with E-state index in [9.17, 15) is 13.2 Å². The predicted octanol–water partition coefficient (Wildman–Crippen LogP) is 3.49. The summed E-state index contributed by atoms with van der Waals surface area (Å²) in [5.41, 5.74) is 2.74. The molecule has 0 radical (unpaired) electrons. The van der Waals surface area contributed by atoms with Crippen LogP contribution in [0.4, 0.5) is 13.2 Å². The number of likely N-dealkylation sites (tertiary alicyclic amines) is 1. The number of nitrogens with zero attached hydrogens (tertiary/aromatic N) is 3. The summed E-state index contributed by atoms with van der Waals surface area (Å²) in [6, 6.07) is 13.7. The molecular formula is C23H30F3N5O. The fourth-order valence-corrected chi connectivity index (χ4v) is 3.64. The maximum absolute atomic E-state index is 12.2. The molecule has 0 atom stereocenters. The van der Waals surface area contributed by atoms with Crippen LogP contribution in [0.2, 0.25) is 0 Å². The molecule has 32 heavy (non-hydrogen) atoms. The third-order valence-corrected chi connectivity index (χ3v) is 5.25. The summed E-state index contributed by atoms with van der Waals surface area (Å²) in [5.74, 6) is 0.715. The number of hydrogen-bond donors (Lipinski definition) is 2. The van der Waals surface area contributed by atoms with Gasteiger partial charge in [0.25, 0.3) is 0 Å². The number of rotatable bonds is 8. The van der Waals surface area contributed by atoms with Gasteiger partial charge in [0.15, 0.2) is 5.96 Å². The predicted molar refractivity (Wildman–Crippen MR) is 118 cm³/mol. The van der Waals surface area contributed by atoms with E-state index in [0.29, 0.717) is 24.1 Å². The van der Waals surface area contributed by atoms with Crippen molar-refractivity contribution in [3.8, 4) is 0 Å². The fourth-order valence-electron chi connectivity index (χ4n) is 3.64. The second-order valence-corrected chi connectivity index (χ2v) is 7.87. The van der Waals surface area contributed by atoms with Crippen LogP contribution < -0.4 is 10.6 Å². The molecule has 1 saturated heterocycles. The molecule has 3 rings (SSSR count). The maximum Gasteiger partial charge on any atom is 0.411 e. The zero-order chi connectivity index (χ0) is 22.8. The Hall–Kier alpha value is -2.65. The highest BCUT2D eigenvalue weighted by atomic mass is 19.4. The number of benzene rings is 1. The van der Waals surface area contributed by atoms with E-state index in [-0.39, 0.29) is 6.61 Å². The second kappa shape index (κ2) is 11.8. The molecule has 1 aromatic heterocycles. The molecule has 0 saturated carbocycles.